The number of methoxy groups -OCH3 is 1. The second-order valence-corrected chi connectivity index (χ2v) is 8.25. The molecule has 11 heteroatoms. The second-order valence-electron chi connectivity index (χ2n) is 8.25. The number of fused-ring (bicyclic) bond motifs is 1. The number of nitrogens with one attached hydrogen (secondary N) is 3. The number of benzene rings is 2. The number of aliphatic imine (C=N–C) groups is 1. The Hall–Kier alpha value is -4.28. The van der Waals surface area contributed by atoms with Crippen LogP contribution >= 0.6 is 0 Å². The highest BCUT2D eigenvalue weighted by atomic mass is 16.5. The summed E-state index contributed by atoms with van der Waals surface area (Å²) in [4.78, 5) is 32.3. The van der Waals surface area contributed by atoms with Gasteiger partial charge in [0.2, 0.25) is 5.91 Å². The zero-order valence-electron chi connectivity index (χ0n) is 20.0. The summed E-state index contributed by atoms with van der Waals surface area (Å²) >= 11 is 0. The number of guanidine groups is 1. The average molecular weight is 496 g/mol. The van der Waals surface area contributed by atoms with Crippen molar-refractivity contribution in [3.05, 3.63) is 48.0 Å². The van der Waals surface area contributed by atoms with Gasteiger partial charge in [0.15, 0.2) is 11.5 Å². The van der Waals surface area contributed by atoms with Crippen LogP contribution in [0.4, 0.5) is 6.01 Å². The van der Waals surface area contributed by atoms with E-state index in [-0.39, 0.29) is 18.3 Å². The smallest absolute Gasteiger partial charge is 0.326 e. The molecule has 1 aliphatic heterocycles. The van der Waals surface area contributed by atoms with E-state index >= 15 is 0 Å². The van der Waals surface area contributed by atoms with E-state index in [4.69, 9.17) is 13.9 Å². The zero-order valence-corrected chi connectivity index (χ0v) is 20.0. The van der Waals surface area contributed by atoms with Gasteiger partial charge in [-0.25, -0.2) is 4.79 Å². The number of hydrogen-bond donors (Lipinski definition) is 4. The highest BCUT2D eigenvalue weighted by Crippen LogP contribution is 2.24. The van der Waals surface area contributed by atoms with Crippen molar-refractivity contribution in [2.45, 2.75) is 31.7 Å². The van der Waals surface area contributed by atoms with E-state index in [0.29, 0.717) is 48.0 Å². The summed E-state index contributed by atoms with van der Waals surface area (Å²) in [5.74, 6) is 0.683. The van der Waals surface area contributed by atoms with Crippen molar-refractivity contribution >= 4 is 35.0 Å². The molecular formula is C25H29N5O6. The number of carboxylic acid groups (broad SMARTS) is 1. The summed E-state index contributed by atoms with van der Waals surface area (Å²) in [5, 5.41) is 18.3. The maximum atomic E-state index is 12.0. The maximum Gasteiger partial charge on any atom is 0.326 e. The molecular weight excluding hydrogens is 466 g/mol. The van der Waals surface area contributed by atoms with Gasteiger partial charge in [0.25, 0.3) is 6.01 Å². The molecule has 1 aliphatic rings. The number of ether oxygens (including phenoxy) is 2. The molecule has 1 aromatic heterocycles. The molecule has 2 heterocycles. The van der Waals surface area contributed by atoms with Gasteiger partial charge in [-0.15, -0.1) is 0 Å². The minimum absolute atomic E-state index is 0.104. The predicted molar refractivity (Wildman–Crippen MR) is 134 cm³/mol. The SMILES string of the molecule is COc1ccc2oc(N[C@@H](Cc3ccc(OCCCC(=O)NC4=NCCCN4)cc3)C(=O)O)nc2c1. The number of aromatic nitrogens is 1. The molecule has 1 atom stereocenters. The van der Waals surface area contributed by atoms with Crippen LogP contribution in [0.5, 0.6) is 11.5 Å². The number of aliphatic carboxylic acids is 1. The molecule has 0 fully saturated rings. The van der Waals surface area contributed by atoms with Crippen LogP contribution in [-0.2, 0) is 16.0 Å². The normalized spacial score (nSPS) is 13.9. The van der Waals surface area contributed by atoms with Crippen LogP contribution < -0.4 is 25.4 Å². The van der Waals surface area contributed by atoms with Crippen LogP contribution in [-0.4, -0.2) is 60.8 Å². The average Bonchev–Trinajstić information content (AvgIpc) is 3.29. The van der Waals surface area contributed by atoms with Gasteiger partial charge in [0.05, 0.1) is 13.7 Å². The summed E-state index contributed by atoms with van der Waals surface area (Å²) in [7, 11) is 1.56. The lowest BCUT2D eigenvalue weighted by molar-refractivity contribution is -0.138. The number of carbonyl (C=O) groups is 2. The summed E-state index contributed by atoms with van der Waals surface area (Å²) in [5.41, 5.74) is 1.90. The second kappa shape index (κ2) is 11.9. The first-order valence-electron chi connectivity index (χ1n) is 11.7. The van der Waals surface area contributed by atoms with Gasteiger partial charge in [-0.1, -0.05) is 12.1 Å². The molecule has 36 heavy (non-hydrogen) atoms. The van der Waals surface area contributed by atoms with Gasteiger partial charge in [-0.05, 0) is 42.7 Å². The number of anilines is 1. The maximum absolute atomic E-state index is 12.0. The fraction of sp³-hybridized carbons (Fsp3) is 0.360. The number of amides is 1. The monoisotopic (exact) mass is 495 g/mol. The third-order valence-electron chi connectivity index (χ3n) is 5.53. The van der Waals surface area contributed by atoms with Gasteiger partial charge < -0.3 is 29.6 Å². The summed E-state index contributed by atoms with van der Waals surface area (Å²) in [6.07, 6.45) is 2.07. The van der Waals surface area contributed by atoms with Crippen molar-refractivity contribution in [2.75, 3.05) is 32.1 Å². The molecule has 0 unspecified atom stereocenters. The first kappa shape index (κ1) is 24.8. The van der Waals surface area contributed by atoms with Crippen LogP contribution in [0.2, 0.25) is 0 Å². The number of carbonyl (C=O) groups excluding carboxylic acids is 1. The Morgan fingerprint density at radius 2 is 2.00 bits per heavy atom. The van der Waals surface area contributed by atoms with Gasteiger partial charge in [-0.3, -0.25) is 15.1 Å². The third-order valence-corrected chi connectivity index (χ3v) is 5.53. The Bertz CT molecular complexity index is 1220. The minimum atomic E-state index is -1.03. The van der Waals surface area contributed by atoms with Crippen molar-refractivity contribution in [3.63, 3.8) is 0 Å². The Labute approximate surface area is 207 Å². The molecule has 0 saturated carbocycles. The molecule has 0 bridgehead atoms. The molecule has 0 saturated heterocycles. The van der Waals surface area contributed by atoms with Crippen LogP contribution in [0.25, 0.3) is 11.1 Å². The fourth-order valence-corrected chi connectivity index (χ4v) is 3.64. The molecule has 4 N–H and O–H groups in total. The van der Waals surface area contributed by atoms with Crippen molar-refractivity contribution in [2.24, 2.45) is 4.99 Å². The van der Waals surface area contributed by atoms with Gasteiger partial charge in [0, 0.05) is 32.0 Å². The van der Waals surface area contributed by atoms with Crippen molar-refractivity contribution in [1.29, 1.82) is 0 Å². The van der Waals surface area contributed by atoms with Crippen molar-refractivity contribution in [1.82, 2.24) is 15.6 Å². The number of rotatable bonds is 11. The van der Waals surface area contributed by atoms with Crippen molar-refractivity contribution < 1.29 is 28.6 Å². The van der Waals surface area contributed by atoms with E-state index in [0.717, 1.165) is 25.1 Å². The van der Waals surface area contributed by atoms with Gasteiger partial charge in [-0.2, -0.15) is 4.98 Å². The quantitative estimate of drug-likeness (QED) is 0.295. The standard InChI is InChI=1S/C25H29N5O6/c1-34-18-9-10-21-19(15-18)28-25(36-21)29-20(23(32)33)14-16-5-7-17(8-6-16)35-13-2-4-22(31)30-24-26-11-3-12-27-24/h5-10,15,20H,2-4,11-14H2,1H3,(H,28,29)(H,32,33)(H2,26,27,30,31)/t20-/m0/s1. The van der Waals surface area contributed by atoms with E-state index in [1.165, 1.54) is 0 Å². The minimum Gasteiger partial charge on any atom is -0.497 e. The van der Waals surface area contributed by atoms with E-state index in [2.05, 4.69) is 25.9 Å². The highest BCUT2D eigenvalue weighted by molar-refractivity contribution is 5.97. The number of nitrogens with zero attached hydrogens (tertiary/aromatic N) is 2. The number of hydrogen-bond acceptors (Lipinski definition) is 9. The predicted octanol–water partition coefficient (Wildman–Crippen LogP) is 2.57. The van der Waals surface area contributed by atoms with Crippen LogP contribution in [0, 0.1) is 0 Å². The molecule has 3 aromatic rings. The van der Waals surface area contributed by atoms with Crippen LogP contribution in [0.1, 0.15) is 24.8 Å². The van der Waals surface area contributed by atoms with E-state index < -0.39 is 12.0 Å². The highest BCUT2D eigenvalue weighted by Gasteiger charge is 2.21. The van der Waals surface area contributed by atoms with Crippen LogP contribution in [0.3, 0.4) is 0 Å². The first-order chi connectivity index (χ1) is 17.5. The molecule has 0 aliphatic carbocycles. The summed E-state index contributed by atoms with van der Waals surface area (Å²) < 4.78 is 16.5. The van der Waals surface area contributed by atoms with Crippen molar-refractivity contribution in [3.8, 4) is 11.5 Å². The molecule has 2 aromatic carbocycles. The van der Waals surface area contributed by atoms with E-state index in [9.17, 15) is 14.7 Å². The number of carboxylic acids is 1. The zero-order chi connectivity index (χ0) is 25.3. The summed E-state index contributed by atoms with van der Waals surface area (Å²) in [6.45, 7) is 1.92. The molecule has 4 rings (SSSR count). The lowest BCUT2D eigenvalue weighted by Crippen LogP contribution is -2.43. The number of oxazole rings is 1. The van der Waals surface area contributed by atoms with Gasteiger partial charge >= 0.3 is 5.97 Å². The van der Waals surface area contributed by atoms with E-state index in [1.807, 2.05) is 12.1 Å². The Balaban J connectivity index is 1.24. The lowest BCUT2D eigenvalue weighted by Gasteiger charge is -2.15. The Morgan fingerprint density at radius 1 is 1.19 bits per heavy atom. The topological polar surface area (TPSA) is 147 Å². The lowest BCUT2D eigenvalue weighted by atomic mass is 10.1. The molecule has 11 nitrogen and oxygen atoms in total. The molecule has 1 amide bonds. The molecule has 0 radical (unpaired) electrons. The van der Waals surface area contributed by atoms with E-state index in [1.54, 1.807) is 37.4 Å². The first-order valence-corrected chi connectivity index (χ1v) is 11.7. The Kier molecular flexibility index (Phi) is 8.22. The molecule has 190 valence electrons. The fourth-order valence-electron chi connectivity index (χ4n) is 3.64. The van der Waals surface area contributed by atoms with Crippen LogP contribution in [0.15, 0.2) is 51.9 Å². The van der Waals surface area contributed by atoms with Gasteiger partial charge in [0.1, 0.15) is 23.1 Å². The Morgan fingerprint density at radius 3 is 2.72 bits per heavy atom. The third kappa shape index (κ3) is 6.87. The largest absolute Gasteiger partial charge is 0.497 e. The molecule has 0 spiro atoms. The summed E-state index contributed by atoms with van der Waals surface area (Å²) in [6, 6.07) is 11.5.